The highest BCUT2D eigenvalue weighted by Gasteiger charge is 2.88. The Hall–Kier alpha value is -10.8. The largest absolute Gasteiger partial charge is 0.481 e. The summed E-state index contributed by atoms with van der Waals surface area (Å²) in [4.78, 5) is 274. The number of hydrogen-bond donors (Lipinski definition) is 18. The average Bonchev–Trinajstić information content (AvgIpc) is 0.659. The lowest BCUT2D eigenvalue weighted by Gasteiger charge is -2.57. The van der Waals surface area contributed by atoms with Gasteiger partial charge in [0.15, 0.2) is 45.5 Å². The van der Waals surface area contributed by atoms with E-state index in [1.807, 2.05) is 0 Å². The van der Waals surface area contributed by atoms with Gasteiger partial charge in [-0.05, 0) is 69.2 Å². The van der Waals surface area contributed by atoms with Crippen LogP contribution in [0.3, 0.4) is 0 Å². The third kappa shape index (κ3) is 18.1. The average molecular weight is 1350 g/mol. The van der Waals surface area contributed by atoms with Crippen molar-refractivity contribution in [3.63, 3.8) is 0 Å². The van der Waals surface area contributed by atoms with Gasteiger partial charge < -0.3 is 96.8 Å². The molecule has 516 valence electrons. The minimum Gasteiger partial charge on any atom is -0.481 e. The van der Waals surface area contributed by atoms with Gasteiger partial charge in [0.25, 0.3) is 11.5 Å². The molecule has 8 atom stereocenters. The second-order valence-electron chi connectivity index (χ2n) is 21.2. The fourth-order valence-corrected chi connectivity index (χ4v) is 9.95. The number of fused-ring (bicyclic) bond motifs is 1. The van der Waals surface area contributed by atoms with Crippen LogP contribution in [0.5, 0.6) is 0 Å². The molecule has 0 spiro atoms. The number of carbonyl (C=O) groups excluding carboxylic acids is 9. The van der Waals surface area contributed by atoms with Crippen molar-refractivity contribution < 1.29 is 127 Å². The number of carboxylic acid groups (broad SMARTS) is 8. The van der Waals surface area contributed by atoms with Crippen LogP contribution in [0.25, 0.3) is 11.2 Å². The number of carbonyl (C=O) groups is 17. The van der Waals surface area contributed by atoms with Crippen LogP contribution in [-0.4, -0.2) is 214 Å². The van der Waals surface area contributed by atoms with Gasteiger partial charge in [-0.15, -0.1) is 0 Å². The Morgan fingerprint density at radius 1 is 0.505 bits per heavy atom. The molecular weight excluding hydrogens is 1280 g/mol. The van der Waals surface area contributed by atoms with Crippen LogP contribution in [0.4, 0.5) is 11.6 Å². The van der Waals surface area contributed by atoms with Crippen molar-refractivity contribution in [2.45, 2.75) is 144 Å². The number of nitrogens with one attached hydrogen (secondary N) is 2. The highest BCUT2D eigenvalue weighted by Crippen LogP contribution is 2.58. The number of esters is 2. The minimum absolute atomic E-state index is 0.0229. The molecule has 3 rings (SSSR count). The molecule has 41 nitrogen and oxygen atoms in total. The molecule has 0 aliphatic rings. The van der Waals surface area contributed by atoms with E-state index in [4.69, 9.17) is 50.6 Å². The van der Waals surface area contributed by atoms with Gasteiger partial charge in [-0.25, -0.2) is 19.6 Å². The first-order chi connectivity index (χ1) is 44.2. The van der Waals surface area contributed by atoms with Gasteiger partial charge in [-0.3, -0.25) is 86.6 Å². The maximum Gasteiger partial charge on any atom is 0.349 e. The first kappa shape index (κ1) is 78.4. The maximum atomic E-state index is 16.9. The predicted molar refractivity (Wildman–Crippen MR) is 313 cm³/mol. The number of carboxylic acids is 8. The first-order valence-electron chi connectivity index (χ1n) is 28.0. The third-order valence-electron chi connectivity index (χ3n) is 14.6. The summed E-state index contributed by atoms with van der Waals surface area (Å²) in [6.07, 6.45) is -19.2. The Bertz CT molecular complexity index is 3540. The van der Waals surface area contributed by atoms with Crippen molar-refractivity contribution in [2.24, 2.45) is 51.0 Å². The van der Waals surface area contributed by atoms with Crippen molar-refractivity contribution in [3.05, 3.63) is 52.1 Å². The zero-order chi connectivity index (χ0) is 72.4. The van der Waals surface area contributed by atoms with Crippen LogP contribution < -0.4 is 56.7 Å². The van der Waals surface area contributed by atoms with Crippen LogP contribution in [0, 0.1) is 10.8 Å². The summed E-state index contributed by atoms with van der Waals surface area (Å²) in [5.74, 6) is -42.8. The summed E-state index contributed by atoms with van der Waals surface area (Å²) in [6.45, 7) is -0.400. The number of benzene rings is 1. The van der Waals surface area contributed by atoms with Crippen molar-refractivity contribution >= 4 is 123 Å². The molecule has 0 fully saturated rings. The fourth-order valence-electron chi connectivity index (χ4n) is 9.95. The first-order valence-corrected chi connectivity index (χ1v) is 28.0. The summed E-state index contributed by atoms with van der Waals surface area (Å²) < 4.78 is 5.08. The number of H-pyrrole nitrogens is 1. The zero-order valence-electron chi connectivity index (χ0n) is 49.8. The molecule has 1 unspecified atom stereocenters. The van der Waals surface area contributed by atoms with Gasteiger partial charge in [-0.2, -0.15) is 4.98 Å². The molecule has 0 radical (unpaired) electrons. The van der Waals surface area contributed by atoms with Crippen molar-refractivity contribution in [3.8, 4) is 0 Å². The quantitative estimate of drug-likeness (QED) is 0.0185. The lowest BCUT2D eigenvalue weighted by molar-refractivity contribution is -0.202. The molecule has 1 aromatic carbocycles. The molecule has 2 aromatic heterocycles. The number of rotatable bonds is 42. The van der Waals surface area contributed by atoms with E-state index >= 15 is 43.2 Å². The van der Waals surface area contributed by atoms with Crippen LogP contribution in [0.1, 0.15) is 106 Å². The van der Waals surface area contributed by atoms with Crippen LogP contribution in [0.15, 0.2) is 35.3 Å². The molecular formula is C54H68N14O27. The number of nitrogens with zero attached hydrogens (tertiary/aromatic N) is 4. The number of imide groups is 1. The van der Waals surface area contributed by atoms with Gasteiger partial charge in [0.2, 0.25) is 22.8 Å². The molecule has 41 heteroatoms. The minimum atomic E-state index is -5.86. The van der Waals surface area contributed by atoms with E-state index in [0.717, 1.165) is 18.3 Å². The highest BCUT2D eigenvalue weighted by molar-refractivity contribution is 6.39. The Kier molecular flexibility index (Phi) is 27.8. The van der Waals surface area contributed by atoms with E-state index in [1.165, 1.54) is 0 Å². The molecule has 0 aliphatic carbocycles. The Labute approximate surface area is 532 Å². The summed E-state index contributed by atoms with van der Waals surface area (Å²) >= 11 is 0. The van der Waals surface area contributed by atoms with E-state index in [-0.39, 0.29) is 28.5 Å². The van der Waals surface area contributed by atoms with Crippen LogP contribution >= 0.6 is 0 Å². The summed E-state index contributed by atoms with van der Waals surface area (Å²) in [7, 11) is 0. The second-order valence-corrected chi connectivity index (χ2v) is 21.2. The monoisotopic (exact) mass is 1340 g/mol. The SMILES string of the molecule is Nc1nc2ncc(CNc3ccc(C(=O)N(C(=O)[C@@H](N)CCC(=O)O)C(C(=O)OC(=O)[C@@H](N)CCC(=O)O)(C(=O)[C@@H](N)CCC(=O)O)C(C(=O)[C@@H](N)CCC(=O)O)(C(=O)[C@@H](N)CCC(=O)O)C(C(=O)O)(C(=O)[C@@H](N)CCC(=O)O)C(=O)[C@@H](N)CCC(=O)O)cc3)nc2c(=O)[nH]1. The van der Waals surface area contributed by atoms with E-state index < -0.39 is 272 Å². The van der Waals surface area contributed by atoms with Crippen LogP contribution in [-0.2, 0) is 88.0 Å². The zero-order valence-corrected chi connectivity index (χ0v) is 49.8. The lowest BCUT2D eigenvalue weighted by atomic mass is 9.42. The molecule has 0 aliphatic heterocycles. The Morgan fingerprint density at radius 2 is 0.874 bits per heavy atom. The Morgan fingerprint density at radius 3 is 1.26 bits per heavy atom. The van der Waals surface area contributed by atoms with E-state index in [9.17, 15) is 84.0 Å². The number of aromatic amines is 1. The number of nitrogens with two attached hydrogens (primary N) is 8. The third-order valence-corrected chi connectivity index (χ3v) is 14.6. The number of aliphatic carboxylic acids is 8. The fraction of sp³-hybridized carbons (Fsp3) is 0.463. The summed E-state index contributed by atoms with van der Waals surface area (Å²) in [5, 5.41) is 83.9. The van der Waals surface area contributed by atoms with E-state index in [2.05, 4.69) is 25.3 Å². The topological polar surface area (TPSA) is 756 Å². The number of anilines is 2. The number of ketones is 5. The number of aromatic nitrogens is 4. The van der Waals surface area contributed by atoms with Crippen molar-refractivity contribution in [2.75, 3.05) is 11.1 Å². The molecule has 0 bridgehead atoms. The number of amides is 2. The predicted octanol–water partition coefficient (Wildman–Crippen LogP) is -6.07. The molecule has 0 saturated heterocycles. The smallest absolute Gasteiger partial charge is 0.349 e. The van der Waals surface area contributed by atoms with Gasteiger partial charge in [0, 0.05) is 56.2 Å². The van der Waals surface area contributed by atoms with Crippen molar-refractivity contribution in [1.29, 1.82) is 0 Å². The normalized spacial score (nSPS) is 14.3. The molecule has 2 amide bonds. The number of nitrogen functional groups attached to an aromatic ring is 1. The van der Waals surface area contributed by atoms with Gasteiger partial charge in [-0.1, -0.05) is 0 Å². The molecule has 26 N–H and O–H groups in total. The number of hydrogen-bond acceptors (Lipinski definition) is 31. The van der Waals surface area contributed by atoms with Crippen molar-refractivity contribution in [1.82, 2.24) is 24.8 Å². The summed E-state index contributed by atoms with van der Waals surface area (Å²) in [6, 6.07) is -18.6. The number of ether oxygens (including phenoxy) is 1. The second kappa shape index (κ2) is 33.6. The van der Waals surface area contributed by atoms with Crippen LogP contribution in [0.2, 0.25) is 0 Å². The standard InChI is InChI=1S/C54H68N14O27/c55-24(5-12-31(69)70)39(83)52(49(92)93,40(84)25(56)6-13-32(71)72)53(41(85)26(57)7-14-33(73)74,42(86)27(58)8-15-34(75)76)54(43(87)28(59)9-16-35(77)78,50(94)95-48(91)30(61)11-18-37(81)82)68(47(90)29(60)10-17-36(79)80)46(89)21-1-3-22(4-2-21)63-19-23-20-64-44-38(65-23)45(88)67-51(62)66-44/h1-4,20,24-30,63H,5-19,55-61H2,(H,69,70)(H,71,72)(H,73,74)(H,75,76)(H,77,78)(H,79,80)(H,81,82)(H,92,93)(H3,62,64,66,67,88)/t24-,25-,26-,27-,28-,29-,30-,54?/m0/s1. The molecule has 2 heterocycles. The van der Waals surface area contributed by atoms with E-state index in [0.29, 0.717) is 12.1 Å². The van der Waals surface area contributed by atoms with Gasteiger partial charge in [0.05, 0.1) is 54.7 Å². The Balaban J connectivity index is 3.17. The lowest BCUT2D eigenvalue weighted by Crippen LogP contribution is -2.88. The number of Topliss-reactive ketones (excluding diaryl/α,β-unsaturated/α-hetero) is 5. The molecule has 0 saturated carbocycles. The maximum absolute atomic E-state index is 16.9. The van der Waals surface area contributed by atoms with Gasteiger partial charge in [0.1, 0.15) is 6.04 Å². The molecule has 95 heavy (non-hydrogen) atoms. The van der Waals surface area contributed by atoms with Gasteiger partial charge >= 0.3 is 59.7 Å². The highest BCUT2D eigenvalue weighted by atomic mass is 16.6. The van der Waals surface area contributed by atoms with E-state index in [1.54, 1.807) is 0 Å². The molecule has 3 aromatic rings. The summed E-state index contributed by atoms with van der Waals surface area (Å²) in [5.41, 5.74) is 29.5.